The van der Waals surface area contributed by atoms with Gasteiger partial charge in [-0.25, -0.2) is 0 Å². The van der Waals surface area contributed by atoms with Crippen LogP contribution in [0.5, 0.6) is 11.5 Å². The topological polar surface area (TPSA) is 47.6 Å². The minimum Gasteiger partial charge on any atom is -0.497 e. The van der Waals surface area contributed by atoms with Crippen LogP contribution in [0.4, 0.5) is 0 Å². The monoisotopic (exact) mass is 291 g/mol. The Hall–Kier alpha value is -1.71. The van der Waals surface area contributed by atoms with Crippen LogP contribution in [0.1, 0.15) is 43.5 Å². The van der Waals surface area contributed by atoms with E-state index >= 15 is 0 Å². The van der Waals surface area contributed by atoms with Crippen LogP contribution in [-0.4, -0.2) is 26.2 Å². The normalized spacial score (nSPS) is 25.2. The molecule has 0 spiro atoms. The summed E-state index contributed by atoms with van der Waals surface area (Å²) < 4.78 is 10.4. The fourth-order valence-electron chi connectivity index (χ4n) is 2.98. The molecule has 1 aliphatic rings. The molecule has 0 saturated heterocycles. The number of rotatable bonds is 4. The number of hydrogen-bond donors (Lipinski definition) is 1. The van der Waals surface area contributed by atoms with Crippen LogP contribution in [0, 0.1) is 11.8 Å². The van der Waals surface area contributed by atoms with Crippen LogP contribution in [0.25, 0.3) is 0 Å². The van der Waals surface area contributed by atoms with Gasteiger partial charge in [-0.05, 0) is 30.4 Å². The zero-order valence-corrected chi connectivity index (χ0v) is 13.3. The minimum atomic E-state index is -0.0573. The number of hydrogen-bond acceptors (Lipinski definition) is 3. The van der Waals surface area contributed by atoms with E-state index in [1.807, 2.05) is 0 Å². The Balaban J connectivity index is 2.12. The molecule has 21 heavy (non-hydrogen) atoms. The third-order valence-electron chi connectivity index (χ3n) is 4.64. The summed E-state index contributed by atoms with van der Waals surface area (Å²) in [4.78, 5) is 12.5. The number of methoxy groups -OCH3 is 2. The molecule has 0 unspecified atom stereocenters. The largest absolute Gasteiger partial charge is 0.497 e. The van der Waals surface area contributed by atoms with Crippen molar-refractivity contribution in [1.82, 2.24) is 5.32 Å². The van der Waals surface area contributed by atoms with Crippen molar-refractivity contribution in [2.75, 3.05) is 14.2 Å². The Morgan fingerprint density at radius 3 is 2.29 bits per heavy atom. The highest BCUT2D eigenvalue weighted by atomic mass is 16.5. The van der Waals surface area contributed by atoms with E-state index in [0.717, 1.165) is 6.42 Å². The van der Waals surface area contributed by atoms with Crippen LogP contribution in [0.3, 0.4) is 0 Å². The average Bonchev–Trinajstić information content (AvgIpc) is 2.51. The number of amides is 1. The molecule has 0 aliphatic heterocycles. The van der Waals surface area contributed by atoms with Crippen molar-refractivity contribution < 1.29 is 14.3 Å². The quantitative estimate of drug-likeness (QED) is 0.926. The highest BCUT2D eigenvalue weighted by Gasteiger charge is 2.28. The van der Waals surface area contributed by atoms with E-state index in [-0.39, 0.29) is 11.9 Å². The van der Waals surface area contributed by atoms with Crippen LogP contribution in [0.15, 0.2) is 18.2 Å². The number of carbonyl (C=O) groups excluding carboxylic acids is 1. The zero-order valence-electron chi connectivity index (χ0n) is 13.3. The lowest BCUT2D eigenvalue weighted by Gasteiger charge is -2.34. The molecule has 0 heterocycles. The number of nitrogens with one attached hydrogen (secondary N) is 1. The predicted molar refractivity (Wildman–Crippen MR) is 83.0 cm³/mol. The lowest BCUT2D eigenvalue weighted by Crippen LogP contribution is -2.43. The molecule has 3 atom stereocenters. The van der Waals surface area contributed by atoms with E-state index in [4.69, 9.17) is 9.47 Å². The van der Waals surface area contributed by atoms with E-state index in [2.05, 4.69) is 19.2 Å². The molecule has 1 fully saturated rings. The molecule has 2 rings (SSSR count). The first kappa shape index (κ1) is 15.7. The maximum Gasteiger partial charge on any atom is 0.251 e. The molecular formula is C17H25NO3. The summed E-state index contributed by atoms with van der Waals surface area (Å²) >= 11 is 0. The summed E-state index contributed by atoms with van der Waals surface area (Å²) in [5.41, 5.74) is 0.580. The van der Waals surface area contributed by atoms with Crippen molar-refractivity contribution in [2.24, 2.45) is 11.8 Å². The molecule has 1 saturated carbocycles. The van der Waals surface area contributed by atoms with Gasteiger partial charge in [0.25, 0.3) is 5.91 Å². The number of ether oxygens (including phenoxy) is 2. The van der Waals surface area contributed by atoms with Gasteiger partial charge >= 0.3 is 0 Å². The lowest BCUT2D eigenvalue weighted by molar-refractivity contribution is 0.0890. The summed E-state index contributed by atoms with van der Waals surface area (Å²) in [5, 5.41) is 3.17. The zero-order chi connectivity index (χ0) is 15.4. The van der Waals surface area contributed by atoms with E-state index in [0.29, 0.717) is 28.9 Å². The Morgan fingerprint density at radius 2 is 1.71 bits per heavy atom. The SMILES string of the molecule is COc1cc(OC)cc(C(=O)N[C@@H]2CCC[C@@H](C)[C@H]2C)c1. The highest BCUT2D eigenvalue weighted by molar-refractivity contribution is 5.95. The van der Waals surface area contributed by atoms with Crippen LogP contribution in [0.2, 0.25) is 0 Å². The second kappa shape index (κ2) is 6.83. The molecule has 1 aromatic rings. The summed E-state index contributed by atoms with van der Waals surface area (Å²) in [6.45, 7) is 4.48. The van der Waals surface area contributed by atoms with Crippen molar-refractivity contribution in [3.63, 3.8) is 0 Å². The lowest BCUT2D eigenvalue weighted by atomic mass is 9.78. The third kappa shape index (κ3) is 3.69. The standard InChI is InChI=1S/C17H25NO3/c1-11-6-5-7-16(12(11)2)18-17(19)13-8-14(20-3)10-15(9-13)21-4/h8-12,16H,5-7H2,1-4H3,(H,18,19)/t11-,12-,16-/m1/s1. The van der Waals surface area contributed by atoms with Gasteiger partial charge in [-0.2, -0.15) is 0 Å². The van der Waals surface area contributed by atoms with E-state index in [1.54, 1.807) is 32.4 Å². The van der Waals surface area contributed by atoms with Gasteiger partial charge in [-0.3, -0.25) is 4.79 Å². The molecule has 1 aliphatic carbocycles. The van der Waals surface area contributed by atoms with E-state index < -0.39 is 0 Å². The predicted octanol–water partition coefficient (Wildman–Crippen LogP) is 3.26. The maximum atomic E-state index is 12.5. The second-order valence-corrected chi connectivity index (χ2v) is 5.95. The smallest absolute Gasteiger partial charge is 0.251 e. The summed E-state index contributed by atoms with van der Waals surface area (Å²) in [6, 6.07) is 5.50. The summed E-state index contributed by atoms with van der Waals surface area (Å²) in [6.07, 6.45) is 3.48. The van der Waals surface area contributed by atoms with Gasteiger partial charge in [-0.1, -0.05) is 26.7 Å². The van der Waals surface area contributed by atoms with Gasteiger partial charge in [0, 0.05) is 17.7 Å². The van der Waals surface area contributed by atoms with Gasteiger partial charge in [-0.15, -0.1) is 0 Å². The molecule has 0 radical (unpaired) electrons. The van der Waals surface area contributed by atoms with Crippen molar-refractivity contribution >= 4 is 5.91 Å². The molecule has 1 aromatic carbocycles. The summed E-state index contributed by atoms with van der Waals surface area (Å²) in [5.74, 6) is 2.37. The molecule has 116 valence electrons. The Kier molecular flexibility index (Phi) is 5.10. The fraction of sp³-hybridized carbons (Fsp3) is 0.588. The van der Waals surface area contributed by atoms with Crippen molar-refractivity contribution in [3.05, 3.63) is 23.8 Å². The number of carbonyl (C=O) groups is 1. The van der Waals surface area contributed by atoms with E-state index in [1.165, 1.54) is 12.8 Å². The molecular weight excluding hydrogens is 266 g/mol. The highest BCUT2D eigenvalue weighted by Crippen LogP contribution is 2.30. The van der Waals surface area contributed by atoms with E-state index in [9.17, 15) is 4.79 Å². The minimum absolute atomic E-state index is 0.0573. The number of benzene rings is 1. The molecule has 1 N–H and O–H groups in total. The Bertz CT molecular complexity index is 479. The third-order valence-corrected chi connectivity index (χ3v) is 4.64. The maximum absolute atomic E-state index is 12.5. The Labute approximate surface area is 126 Å². The molecule has 1 amide bonds. The first-order valence-corrected chi connectivity index (χ1v) is 7.59. The second-order valence-electron chi connectivity index (χ2n) is 5.95. The van der Waals surface area contributed by atoms with Gasteiger partial charge in [0.1, 0.15) is 11.5 Å². The first-order chi connectivity index (χ1) is 10.0. The first-order valence-electron chi connectivity index (χ1n) is 7.59. The van der Waals surface area contributed by atoms with Gasteiger partial charge < -0.3 is 14.8 Å². The molecule has 4 heteroatoms. The van der Waals surface area contributed by atoms with Crippen LogP contribution >= 0.6 is 0 Å². The van der Waals surface area contributed by atoms with Gasteiger partial charge in [0.2, 0.25) is 0 Å². The van der Waals surface area contributed by atoms with Crippen molar-refractivity contribution in [1.29, 1.82) is 0 Å². The van der Waals surface area contributed by atoms with Gasteiger partial charge in [0.05, 0.1) is 14.2 Å². The summed E-state index contributed by atoms with van der Waals surface area (Å²) in [7, 11) is 3.17. The van der Waals surface area contributed by atoms with Crippen LogP contribution < -0.4 is 14.8 Å². The molecule has 0 bridgehead atoms. The molecule has 0 aromatic heterocycles. The average molecular weight is 291 g/mol. The molecule has 4 nitrogen and oxygen atoms in total. The van der Waals surface area contributed by atoms with Crippen molar-refractivity contribution in [2.45, 2.75) is 39.2 Å². The fourth-order valence-corrected chi connectivity index (χ4v) is 2.98. The van der Waals surface area contributed by atoms with Gasteiger partial charge in [0.15, 0.2) is 0 Å². The Morgan fingerprint density at radius 1 is 1.10 bits per heavy atom. The van der Waals surface area contributed by atoms with Crippen molar-refractivity contribution in [3.8, 4) is 11.5 Å². The van der Waals surface area contributed by atoms with Crippen LogP contribution in [-0.2, 0) is 0 Å².